The Morgan fingerprint density at radius 2 is 2.39 bits per heavy atom. The van der Waals surface area contributed by atoms with Gasteiger partial charge in [0.05, 0.1) is 26.0 Å². The highest BCUT2D eigenvalue weighted by molar-refractivity contribution is 5.94. The number of nitrogens with two attached hydrogens (primary N) is 1. The predicted octanol–water partition coefficient (Wildman–Crippen LogP) is 1.47. The Morgan fingerprint density at radius 3 is 3.06 bits per heavy atom. The van der Waals surface area contributed by atoms with Gasteiger partial charge in [0.2, 0.25) is 0 Å². The van der Waals surface area contributed by atoms with Gasteiger partial charge in [0.1, 0.15) is 5.56 Å². The van der Waals surface area contributed by atoms with Crippen LogP contribution >= 0.6 is 0 Å². The van der Waals surface area contributed by atoms with E-state index in [9.17, 15) is 4.79 Å². The van der Waals surface area contributed by atoms with Crippen LogP contribution in [0.4, 0.5) is 5.69 Å². The Kier molecular flexibility index (Phi) is 4.04. The zero-order valence-electron chi connectivity index (χ0n) is 10.3. The number of hydrogen-bond donors (Lipinski definition) is 1. The van der Waals surface area contributed by atoms with E-state index in [1.807, 2.05) is 0 Å². The molecule has 1 aromatic rings. The van der Waals surface area contributed by atoms with Gasteiger partial charge in [-0.15, -0.1) is 0 Å². The molecule has 0 aromatic heterocycles. The van der Waals surface area contributed by atoms with Crippen LogP contribution in [0.25, 0.3) is 0 Å². The molecule has 0 aliphatic carbocycles. The van der Waals surface area contributed by atoms with Crippen molar-refractivity contribution in [3.05, 3.63) is 23.8 Å². The molecule has 2 rings (SSSR count). The summed E-state index contributed by atoms with van der Waals surface area (Å²) in [6, 6.07) is 5.04. The minimum Gasteiger partial charge on any atom is -0.490 e. The van der Waals surface area contributed by atoms with Crippen LogP contribution in [0.1, 0.15) is 16.8 Å². The first-order valence-electron chi connectivity index (χ1n) is 5.89. The Bertz CT molecular complexity index is 427. The summed E-state index contributed by atoms with van der Waals surface area (Å²) in [6.45, 7) is 1.96. The molecule has 1 atom stereocenters. The molecule has 18 heavy (non-hydrogen) atoms. The number of ether oxygens (including phenoxy) is 3. The van der Waals surface area contributed by atoms with Crippen molar-refractivity contribution in [2.75, 3.05) is 32.7 Å². The van der Waals surface area contributed by atoms with E-state index in [-0.39, 0.29) is 0 Å². The predicted molar refractivity (Wildman–Crippen MR) is 66.6 cm³/mol. The molecule has 0 spiro atoms. The van der Waals surface area contributed by atoms with Crippen LogP contribution in [0.15, 0.2) is 18.2 Å². The van der Waals surface area contributed by atoms with E-state index in [1.54, 1.807) is 18.2 Å². The second kappa shape index (κ2) is 5.73. The second-order valence-corrected chi connectivity index (χ2v) is 4.26. The van der Waals surface area contributed by atoms with E-state index in [1.165, 1.54) is 7.11 Å². The molecule has 1 saturated heterocycles. The maximum Gasteiger partial charge on any atom is 0.341 e. The normalized spacial score (nSPS) is 18.6. The summed E-state index contributed by atoms with van der Waals surface area (Å²) in [5, 5.41) is 0. The SMILES string of the molecule is COC(=O)c1cccc(N)c1OCC1CCOC1. The molecule has 1 aliphatic rings. The molecule has 1 heterocycles. The van der Waals surface area contributed by atoms with Gasteiger partial charge in [0.15, 0.2) is 5.75 Å². The van der Waals surface area contributed by atoms with Crippen molar-refractivity contribution in [2.45, 2.75) is 6.42 Å². The van der Waals surface area contributed by atoms with Crippen LogP contribution in [0, 0.1) is 5.92 Å². The van der Waals surface area contributed by atoms with Gasteiger partial charge < -0.3 is 19.9 Å². The summed E-state index contributed by atoms with van der Waals surface area (Å²) >= 11 is 0. The first-order valence-corrected chi connectivity index (χ1v) is 5.89. The lowest BCUT2D eigenvalue weighted by molar-refractivity contribution is 0.0595. The van der Waals surface area contributed by atoms with Crippen molar-refractivity contribution in [3.8, 4) is 5.75 Å². The molecular weight excluding hydrogens is 234 g/mol. The van der Waals surface area contributed by atoms with Gasteiger partial charge in [-0.2, -0.15) is 0 Å². The highest BCUT2D eigenvalue weighted by atomic mass is 16.5. The van der Waals surface area contributed by atoms with Crippen molar-refractivity contribution in [1.29, 1.82) is 0 Å². The first kappa shape index (κ1) is 12.7. The third kappa shape index (κ3) is 2.73. The lowest BCUT2D eigenvalue weighted by Gasteiger charge is -2.14. The van der Waals surface area contributed by atoms with Gasteiger partial charge in [-0.05, 0) is 18.6 Å². The standard InChI is InChI=1S/C13H17NO4/c1-16-13(15)10-3-2-4-11(14)12(10)18-8-9-5-6-17-7-9/h2-4,9H,5-8,14H2,1H3. The van der Waals surface area contributed by atoms with E-state index in [0.717, 1.165) is 13.0 Å². The zero-order valence-corrected chi connectivity index (χ0v) is 10.3. The Labute approximate surface area is 106 Å². The molecule has 5 heteroatoms. The van der Waals surface area contributed by atoms with Crippen molar-refractivity contribution >= 4 is 11.7 Å². The number of carbonyl (C=O) groups is 1. The van der Waals surface area contributed by atoms with E-state index in [0.29, 0.717) is 36.1 Å². The zero-order chi connectivity index (χ0) is 13.0. The summed E-state index contributed by atoms with van der Waals surface area (Å²) in [5.74, 6) is 0.311. The first-order chi connectivity index (χ1) is 8.72. The van der Waals surface area contributed by atoms with Gasteiger partial charge in [-0.25, -0.2) is 4.79 Å². The fraction of sp³-hybridized carbons (Fsp3) is 0.462. The molecule has 2 N–H and O–H groups in total. The van der Waals surface area contributed by atoms with E-state index in [2.05, 4.69) is 0 Å². The molecule has 1 unspecified atom stereocenters. The molecule has 1 aromatic carbocycles. The largest absolute Gasteiger partial charge is 0.490 e. The van der Waals surface area contributed by atoms with Crippen molar-refractivity contribution in [3.63, 3.8) is 0 Å². The number of carbonyl (C=O) groups excluding carboxylic acids is 1. The van der Waals surface area contributed by atoms with Crippen LogP contribution in [0.3, 0.4) is 0 Å². The summed E-state index contributed by atoms with van der Waals surface area (Å²) in [7, 11) is 1.33. The third-order valence-corrected chi connectivity index (χ3v) is 2.94. The summed E-state index contributed by atoms with van der Waals surface area (Å²) in [4.78, 5) is 11.6. The number of rotatable bonds is 4. The molecular formula is C13H17NO4. The lowest BCUT2D eigenvalue weighted by Crippen LogP contribution is -2.15. The Balaban J connectivity index is 2.11. The topological polar surface area (TPSA) is 70.8 Å². The molecule has 0 amide bonds. The average Bonchev–Trinajstić information content (AvgIpc) is 2.89. The molecule has 0 radical (unpaired) electrons. The number of hydrogen-bond acceptors (Lipinski definition) is 5. The molecule has 1 fully saturated rings. The molecule has 98 valence electrons. The number of anilines is 1. The van der Waals surface area contributed by atoms with Crippen molar-refractivity contribution in [1.82, 2.24) is 0 Å². The summed E-state index contributed by atoms with van der Waals surface area (Å²) < 4.78 is 15.6. The van der Waals surface area contributed by atoms with E-state index >= 15 is 0 Å². The molecule has 1 aliphatic heterocycles. The Morgan fingerprint density at radius 1 is 1.56 bits per heavy atom. The van der Waals surface area contributed by atoms with Crippen molar-refractivity contribution in [2.24, 2.45) is 5.92 Å². The number of methoxy groups -OCH3 is 1. The molecule has 0 saturated carbocycles. The molecule has 0 bridgehead atoms. The minimum absolute atomic E-state index is 0.357. The lowest BCUT2D eigenvalue weighted by atomic mass is 10.1. The van der Waals surface area contributed by atoms with Crippen molar-refractivity contribution < 1.29 is 19.0 Å². The van der Waals surface area contributed by atoms with E-state index in [4.69, 9.17) is 19.9 Å². The van der Waals surface area contributed by atoms with Gasteiger partial charge >= 0.3 is 5.97 Å². The number of esters is 1. The van der Waals surface area contributed by atoms with Crippen LogP contribution in [-0.2, 0) is 9.47 Å². The quantitative estimate of drug-likeness (QED) is 0.648. The van der Waals surface area contributed by atoms with Crippen LogP contribution in [0.2, 0.25) is 0 Å². The smallest absolute Gasteiger partial charge is 0.341 e. The fourth-order valence-electron chi connectivity index (χ4n) is 1.90. The molecule has 5 nitrogen and oxygen atoms in total. The van der Waals surface area contributed by atoms with Crippen LogP contribution in [0.5, 0.6) is 5.75 Å². The number of nitrogen functional groups attached to an aromatic ring is 1. The van der Waals surface area contributed by atoms with Gasteiger partial charge in [0.25, 0.3) is 0 Å². The Hall–Kier alpha value is -1.75. The highest BCUT2D eigenvalue weighted by Crippen LogP contribution is 2.28. The average molecular weight is 251 g/mol. The van der Waals surface area contributed by atoms with Gasteiger partial charge in [0, 0.05) is 12.5 Å². The number of para-hydroxylation sites is 1. The summed E-state index contributed by atoms with van der Waals surface area (Å²) in [5.41, 5.74) is 6.63. The van der Waals surface area contributed by atoms with Crippen LogP contribution < -0.4 is 10.5 Å². The highest BCUT2D eigenvalue weighted by Gasteiger charge is 2.20. The van der Waals surface area contributed by atoms with Gasteiger partial charge in [-0.3, -0.25) is 0 Å². The monoisotopic (exact) mass is 251 g/mol. The minimum atomic E-state index is -0.444. The van der Waals surface area contributed by atoms with Gasteiger partial charge in [-0.1, -0.05) is 6.07 Å². The fourth-order valence-corrected chi connectivity index (χ4v) is 1.90. The number of benzene rings is 1. The van der Waals surface area contributed by atoms with Crippen LogP contribution in [-0.4, -0.2) is 32.9 Å². The summed E-state index contributed by atoms with van der Waals surface area (Å²) in [6.07, 6.45) is 0.973. The maximum atomic E-state index is 11.6. The van der Waals surface area contributed by atoms with E-state index < -0.39 is 5.97 Å². The maximum absolute atomic E-state index is 11.6. The second-order valence-electron chi connectivity index (χ2n) is 4.26. The third-order valence-electron chi connectivity index (χ3n) is 2.94.